The lowest BCUT2D eigenvalue weighted by Crippen LogP contribution is -2.39. The van der Waals surface area contributed by atoms with Crippen LogP contribution in [0.4, 0.5) is 0 Å². The number of hydrogen-bond donors (Lipinski definition) is 2. The van der Waals surface area contributed by atoms with Gasteiger partial charge >= 0.3 is 5.97 Å². The largest absolute Gasteiger partial charge is 0.478 e. The van der Waals surface area contributed by atoms with E-state index in [1.165, 1.54) is 0 Å². The molecule has 3 N–H and O–H groups in total. The normalized spacial score (nSPS) is 19.0. The second-order valence-electron chi connectivity index (χ2n) is 6.06. The highest BCUT2D eigenvalue weighted by atomic mass is 16.4. The molecule has 1 aliphatic carbocycles. The van der Waals surface area contributed by atoms with E-state index in [0.717, 1.165) is 30.4 Å². The van der Waals surface area contributed by atoms with E-state index in [9.17, 15) is 9.59 Å². The van der Waals surface area contributed by atoms with E-state index in [1.807, 2.05) is 6.07 Å². The molecular formula is C16H20N2O3. The van der Waals surface area contributed by atoms with Gasteiger partial charge in [0.15, 0.2) is 0 Å². The van der Waals surface area contributed by atoms with Crippen LogP contribution in [-0.2, 0) is 17.8 Å². The van der Waals surface area contributed by atoms with Gasteiger partial charge in [-0.25, -0.2) is 4.79 Å². The van der Waals surface area contributed by atoms with Gasteiger partial charge in [0, 0.05) is 25.6 Å². The van der Waals surface area contributed by atoms with Gasteiger partial charge in [0.25, 0.3) is 0 Å². The highest BCUT2D eigenvalue weighted by Crippen LogP contribution is 2.33. The van der Waals surface area contributed by atoms with Crippen LogP contribution in [0.15, 0.2) is 18.2 Å². The Morgan fingerprint density at radius 1 is 1.33 bits per heavy atom. The van der Waals surface area contributed by atoms with Gasteiger partial charge in [-0.3, -0.25) is 4.79 Å². The topological polar surface area (TPSA) is 83.6 Å². The van der Waals surface area contributed by atoms with Gasteiger partial charge in [0.1, 0.15) is 0 Å². The number of carbonyl (C=O) groups is 2. The van der Waals surface area contributed by atoms with E-state index < -0.39 is 5.97 Å². The molecule has 0 radical (unpaired) electrons. The van der Waals surface area contributed by atoms with Gasteiger partial charge < -0.3 is 15.7 Å². The minimum atomic E-state index is -0.933. The Kier molecular flexibility index (Phi) is 3.68. The van der Waals surface area contributed by atoms with Crippen molar-refractivity contribution in [2.45, 2.75) is 38.3 Å². The number of rotatable bonds is 4. The highest BCUT2D eigenvalue weighted by molar-refractivity contribution is 5.88. The van der Waals surface area contributed by atoms with Crippen molar-refractivity contribution in [3.05, 3.63) is 34.9 Å². The summed E-state index contributed by atoms with van der Waals surface area (Å²) < 4.78 is 0. The van der Waals surface area contributed by atoms with Crippen LogP contribution in [0.3, 0.4) is 0 Å². The molecule has 1 saturated carbocycles. The van der Waals surface area contributed by atoms with Crippen molar-refractivity contribution in [2.75, 3.05) is 6.54 Å². The van der Waals surface area contributed by atoms with Gasteiger partial charge in [0.05, 0.1) is 5.56 Å². The maximum absolute atomic E-state index is 12.3. The van der Waals surface area contributed by atoms with Crippen LogP contribution in [0, 0.1) is 5.92 Å². The van der Waals surface area contributed by atoms with Crippen molar-refractivity contribution < 1.29 is 14.7 Å². The van der Waals surface area contributed by atoms with E-state index in [-0.39, 0.29) is 17.5 Å². The minimum Gasteiger partial charge on any atom is -0.478 e. The number of hydrogen-bond acceptors (Lipinski definition) is 3. The van der Waals surface area contributed by atoms with Crippen molar-refractivity contribution in [3.8, 4) is 0 Å². The smallest absolute Gasteiger partial charge is 0.335 e. The van der Waals surface area contributed by atoms with E-state index in [2.05, 4.69) is 0 Å². The maximum Gasteiger partial charge on any atom is 0.335 e. The maximum atomic E-state index is 12.3. The molecule has 1 heterocycles. The Bertz CT molecular complexity index is 581. The van der Waals surface area contributed by atoms with Gasteiger partial charge in [-0.2, -0.15) is 0 Å². The van der Waals surface area contributed by atoms with Crippen LogP contribution in [-0.4, -0.2) is 34.5 Å². The standard InChI is InChI=1S/C16H20N2O3/c17-14(11-2-3-11)8-15(19)18-6-5-10-1-4-12(16(20)21)7-13(10)9-18/h1,4,7,11,14H,2-3,5-6,8-9,17H2,(H,20,21). The molecule has 5 heteroatoms. The van der Waals surface area contributed by atoms with Crippen LogP contribution in [0.1, 0.15) is 40.7 Å². The summed E-state index contributed by atoms with van der Waals surface area (Å²) in [6.45, 7) is 1.18. The molecule has 1 unspecified atom stereocenters. The summed E-state index contributed by atoms with van der Waals surface area (Å²) in [4.78, 5) is 25.1. The third-order valence-corrected chi connectivity index (χ3v) is 4.46. The Hall–Kier alpha value is -1.88. The van der Waals surface area contributed by atoms with Gasteiger partial charge in [-0.1, -0.05) is 6.07 Å². The highest BCUT2D eigenvalue weighted by Gasteiger charge is 2.31. The molecule has 1 aromatic rings. The first-order valence-corrected chi connectivity index (χ1v) is 7.43. The van der Waals surface area contributed by atoms with Crippen LogP contribution in [0.2, 0.25) is 0 Å². The van der Waals surface area contributed by atoms with Gasteiger partial charge in [0.2, 0.25) is 5.91 Å². The molecule has 1 amide bonds. The lowest BCUT2D eigenvalue weighted by atomic mass is 9.96. The molecule has 1 aliphatic heterocycles. The number of carbonyl (C=O) groups excluding carboxylic acids is 1. The quantitative estimate of drug-likeness (QED) is 0.877. The third-order valence-electron chi connectivity index (χ3n) is 4.46. The molecule has 0 aromatic heterocycles. The molecule has 0 bridgehead atoms. The summed E-state index contributed by atoms with van der Waals surface area (Å²) >= 11 is 0. The second kappa shape index (κ2) is 5.48. The molecular weight excluding hydrogens is 268 g/mol. The molecule has 112 valence electrons. The summed E-state index contributed by atoms with van der Waals surface area (Å²) in [5.41, 5.74) is 8.37. The Balaban J connectivity index is 1.69. The monoisotopic (exact) mass is 288 g/mol. The van der Waals surface area contributed by atoms with Crippen LogP contribution in [0.25, 0.3) is 0 Å². The number of carboxylic acid groups (broad SMARTS) is 1. The summed E-state index contributed by atoms with van der Waals surface area (Å²) in [5, 5.41) is 9.05. The molecule has 0 spiro atoms. The number of benzene rings is 1. The fourth-order valence-electron chi connectivity index (χ4n) is 2.92. The van der Waals surface area contributed by atoms with E-state index in [4.69, 9.17) is 10.8 Å². The molecule has 2 aliphatic rings. The summed E-state index contributed by atoms with van der Waals surface area (Å²) in [6.07, 6.45) is 3.46. The number of aromatic carboxylic acids is 1. The minimum absolute atomic E-state index is 0.0238. The molecule has 1 aromatic carbocycles. The van der Waals surface area contributed by atoms with Crippen LogP contribution < -0.4 is 5.73 Å². The Morgan fingerprint density at radius 3 is 2.76 bits per heavy atom. The SMILES string of the molecule is NC(CC(=O)N1CCc2ccc(C(=O)O)cc2C1)C1CC1. The molecule has 0 saturated heterocycles. The van der Waals surface area contributed by atoms with E-state index in [1.54, 1.807) is 17.0 Å². The number of nitrogens with zero attached hydrogens (tertiary/aromatic N) is 1. The summed E-state index contributed by atoms with van der Waals surface area (Å²) in [6, 6.07) is 5.14. The zero-order valence-electron chi connectivity index (χ0n) is 11.9. The number of nitrogens with two attached hydrogens (primary N) is 1. The average Bonchev–Trinajstić information content (AvgIpc) is 3.30. The lowest BCUT2D eigenvalue weighted by molar-refractivity contribution is -0.132. The first-order valence-electron chi connectivity index (χ1n) is 7.43. The summed E-state index contributed by atoms with van der Waals surface area (Å²) in [7, 11) is 0. The van der Waals surface area contributed by atoms with Crippen molar-refractivity contribution in [3.63, 3.8) is 0 Å². The molecule has 1 fully saturated rings. The first kappa shape index (κ1) is 14.1. The molecule has 3 rings (SSSR count). The van der Waals surface area contributed by atoms with Crippen LogP contribution >= 0.6 is 0 Å². The zero-order chi connectivity index (χ0) is 15.0. The van der Waals surface area contributed by atoms with Crippen molar-refractivity contribution >= 4 is 11.9 Å². The van der Waals surface area contributed by atoms with Crippen molar-refractivity contribution in [1.82, 2.24) is 4.90 Å². The fraction of sp³-hybridized carbons (Fsp3) is 0.500. The predicted molar refractivity (Wildman–Crippen MR) is 77.8 cm³/mol. The van der Waals surface area contributed by atoms with E-state index >= 15 is 0 Å². The average molecular weight is 288 g/mol. The third kappa shape index (κ3) is 3.08. The Morgan fingerprint density at radius 2 is 2.10 bits per heavy atom. The Labute approximate surface area is 123 Å². The first-order chi connectivity index (χ1) is 10.0. The number of fused-ring (bicyclic) bond motifs is 1. The summed E-state index contributed by atoms with van der Waals surface area (Å²) in [5.74, 6) is -0.331. The van der Waals surface area contributed by atoms with Crippen LogP contribution in [0.5, 0.6) is 0 Å². The van der Waals surface area contributed by atoms with E-state index in [0.29, 0.717) is 25.4 Å². The zero-order valence-corrected chi connectivity index (χ0v) is 11.9. The fourth-order valence-corrected chi connectivity index (χ4v) is 2.92. The van der Waals surface area contributed by atoms with Gasteiger partial charge in [-0.15, -0.1) is 0 Å². The molecule has 1 atom stereocenters. The number of amides is 1. The van der Waals surface area contributed by atoms with Gasteiger partial charge in [-0.05, 0) is 48.4 Å². The molecule has 5 nitrogen and oxygen atoms in total. The van der Waals surface area contributed by atoms with Crippen molar-refractivity contribution in [1.29, 1.82) is 0 Å². The molecule has 21 heavy (non-hydrogen) atoms. The van der Waals surface area contributed by atoms with Crippen molar-refractivity contribution in [2.24, 2.45) is 11.7 Å². The lowest BCUT2D eigenvalue weighted by Gasteiger charge is -2.30. The second-order valence-corrected chi connectivity index (χ2v) is 6.06. The number of carboxylic acids is 1. The predicted octanol–water partition coefficient (Wildman–Crippen LogP) is 1.40.